The molecule has 0 aliphatic heterocycles. The fourth-order valence-electron chi connectivity index (χ4n) is 1.58. The zero-order valence-electron chi connectivity index (χ0n) is 9.67. The molecule has 5 heteroatoms. The summed E-state index contributed by atoms with van der Waals surface area (Å²) in [6.45, 7) is 2.44. The van der Waals surface area contributed by atoms with Crippen LogP contribution in [0.2, 0.25) is 5.02 Å². The predicted octanol–water partition coefficient (Wildman–Crippen LogP) is 4.40. The molecule has 2 rings (SSSR count). The van der Waals surface area contributed by atoms with Crippen molar-refractivity contribution in [2.75, 3.05) is 0 Å². The third kappa shape index (κ3) is 3.57. The van der Waals surface area contributed by atoms with Gasteiger partial charge in [0.05, 0.1) is 6.54 Å². The van der Waals surface area contributed by atoms with Gasteiger partial charge in [-0.3, -0.25) is 4.79 Å². The zero-order chi connectivity index (χ0) is 13.1. The molecule has 0 saturated carbocycles. The lowest BCUT2D eigenvalue weighted by Gasteiger charge is -2.05. The van der Waals surface area contributed by atoms with Crippen LogP contribution in [0.3, 0.4) is 0 Å². The maximum Gasteiger partial charge on any atom is 0.251 e. The normalized spacial score (nSPS) is 10.4. The molecule has 1 N–H and O–H groups in total. The van der Waals surface area contributed by atoms with E-state index in [1.807, 2.05) is 30.5 Å². The Morgan fingerprint density at radius 1 is 1.39 bits per heavy atom. The van der Waals surface area contributed by atoms with E-state index in [9.17, 15) is 4.79 Å². The molecule has 0 aliphatic carbocycles. The smallest absolute Gasteiger partial charge is 0.251 e. The molecule has 2 nitrogen and oxygen atoms in total. The molecule has 94 valence electrons. The van der Waals surface area contributed by atoms with Gasteiger partial charge in [0, 0.05) is 25.3 Å². The second kappa shape index (κ2) is 5.87. The average molecular weight is 345 g/mol. The molecule has 0 bridgehead atoms. The molecule has 0 unspecified atom stereocenters. The fourth-order valence-corrected chi connectivity index (χ4v) is 3.26. The molecule has 0 saturated heterocycles. The number of carbonyl (C=O) groups excluding carboxylic acids is 1. The fraction of sp³-hybridized carbons (Fsp3) is 0.154. The lowest BCUT2D eigenvalue weighted by Crippen LogP contribution is -2.22. The molecular weight excluding hydrogens is 334 g/mol. The van der Waals surface area contributed by atoms with E-state index in [-0.39, 0.29) is 5.91 Å². The summed E-state index contributed by atoms with van der Waals surface area (Å²) in [5.41, 5.74) is 1.57. The van der Waals surface area contributed by atoms with Gasteiger partial charge in [0.25, 0.3) is 5.91 Å². The Balaban J connectivity index is 2.03. The number of benzene rings is 1. The van der Waals surface area contributed by atoms with Crippen LogP contribution in [0.1, 0.15) is 20.8 Å². The van der Waals surface area contributed by atoms with Crippen molar-refractivity contribution in [3.8, 4) is 0 Å². The molecule has 18 heavy (non-hydrogen) atoms. The number of amides is 1. The molecular formula is C13H11BrClNOS. The maximum atomic E-state index is 12.0. The highest BCUT2D eigenvalue weighted by atomic mass is 79.9. The number of nitrogens with one attached hydrogen (secondary N) is 1. The summed E-state index contributed by atoms with van der Waals surface area (Å²) >= 11 is 10.9. The van der Waals surface area contributed by atoms with E-state index < -0.39 is 0 Å². The summed E-state index contributed by atoms with van der Waals surface area (Å²) in [5, 5.41) is 5.45. The minimum absolute atomic E-state index is 0.106. The van der Waals surface area contributed by atoms with Crippen molar-refractivity contribution >= 4 is 44.8 Å². The van der Waals surface area contributed by atoms with Crippen molar-refractivity contribution in [2.45, 2.75) is 13.5 Å². The van der Waals surface area contributed by atoms with E-state index in [0.717, 1.165) is 14.9 Å². The van der Waals surface area contributed by atoms with Crippen molar-refractivity contribution in [3.05, 3.63) is 55.1 Å². The van der Waals surface area contributed by atoms with E-state index in [1.54, 1.807) is 17.4 Å². The van der Waals surface area contributed by atoms with Gasteiger partial charge in [-0.05, 0) is 52.7 Å². The highest BCUT2D eigenvalue weighted by Gasteiger charge is 2.07. The van der Waals surface area contributed by atoms with Crippen LogP contribution in [0, 0.1) is 6.92 Å². The van der Waals surface area contributed by atoms with Crippen molar-refractivity contribution in [3.63, 3.8) is 0 Å². The van der Waals surface area contributed by atoms with E-state index in [4.69, 9.17) is 11.6 Å². The Kier molecular flexibility index (Phi) is 4.43. The number of rotatable bonds is 3. The summed E-state index contributed by atoms with van der Waals surface area (Å²) < 4.78 is 1.04. The van der Waals surface area contributed by atoms with Crippen LogP contribution < -0.4 is 5.32 Å². The summed E-state index contributed by atoms with van der Waals surface area (Å²) in [5.74, 6) is -0.106. The Bertz CT molecular complexity index is 562. The number of hydrogen-bond acceptors (Lipinski definition) is 2. The topological polar surface area (TPSA) is 29.1 Å². The van der Waals surface area contributed by atoms with Crippen LogP contribution in [0.25, 0.3) is 0 Å². The van der Waals surface area contributed by atoms with Crippen molar-refractivity contribution in [2.24, 2.45) is 0 Å². The number of thiophene rings is 1. The summed E-state index contributed by atoms with van der Waals surface area (Å²) in [6.07, 6.45) is 0. The monoisotopic (exact) mass is 343 g/mol. The highest BCUT2D eigenvalue weighted by Crippen LogP contribution is 2.20. The lowest BCUT2D eigenvalue weighted by molar-refractivity contribution is 0.0951. The number of hydrogen-bond donors (Lipinski definition) is 1. The highest BCUT2D eigenvalue weighted by molar-refractivity contribution is 9.10. The van der Waals surface area contributed by atoms with Gasteiger partial charge >= 0.3 is 0 Å². The Labute approximate surface area is 123 Å². The zero-order valence-corrected chi connectivity index (χ0v) is 12.8. The molecule has 1 aromatic carbocycles. The van der Waals surface area contributed by atoms with E-state index in [0.29, 0.717) is 17.1 Å². The van der Waals surface area contributed by atoms with Gasteiger partial charge in [0.2, 0.25) is 0 Å². The van der Waals surface area contributed by atoms with Gasteiger partial charge in [-0.15, -0.1) is 11.3 Å². The van der Waals surface area contributed by atoms with Crippen LogP contribution in [0.15, 0.2) is 34.1 Å². The van der Waals surface area contributed by atoms with Gasteiger partial charge in [0.1, 0.15) is 0 Å². The van der Waals surface area contributed by atoms with Gasteiger partial charge in [-0.1, -0.05) is 11.6 Å². The minimum atomic E-state index is -0.106. The van der Waals surface area contributed by atoms with Crippen LogP contribution in [0.5, 0.6) is 0 Å². The average Bonchev–Trinajstić information content (AvgIpc) is 2.70. The summed E-state index contributed by atoms with van der Waals surface area (Å²) in [6, 6.07) is 7.32. The summed E-state index contributed by atoms with van der Waals surface area (Å²) in [7, 11) is 0. The number of aryl methyl sites for hydroxylation is 1. The van der Waals surface area contributed by atoms with Crippen molar-refractivity contribution in [1.29, 1.82) is 0 Å². The number of halogens is 2. The molecule has 1 aromatic heterocycles. The molecule has 1 amide bonds. The second-order valence-corrected chi connectivity index (χ2v) is 6.28. The van der Waals surface area contributed by atoms with Crippen molar-refractivity contribution in [1.82, 2.24) is 5.32 Å². The Morgan fingerprint density at radius 2 is 2.17 bits per heavy atom. The van der Waals surface area contributed by atoms with E-state index in [1.165, 1.54) is 0 Å². The Hall–Kier alpha value is -0.840. The number of carbonyl (C=O) groups is 1. The van der Waals surface area contributed by atoms with E-state index in [2.05, 4.69) is 21.2 Å². The van der Waals surface area contributed by atoms with Crippen LogP contribution in [0.4, 0.5) is 0 Å². The predicted molar refractivity (Wildman–Crippen MR) is 79.4 cm³/mol. The lowest BCUT2D eigenvalue weighted by atomic mass is 10.1. The standard InChI is InChI=1S/C13H11BrClNOS/c1-8-2-9(4-11(15)3-8)13(17)16-6-12-5-10(14)7-18-12/h2-5,7H,6H2,1H3,(H,16,17). The maximum absolute atomic E-state index is 12.0. The quantitative estimate of drug-likeness (QED) is 0.878. The third-order valence-electron chi connectivity index (χ3n) is 2.35. The second-order valence-electron chi connectivity index (χ2n) is 3.93. The van der Waals surface area contributed by atoms with Gasteiger partial charge < -0.3 is 5.32 Å². The molecule has 0 spiro atoms. The molecule has 2 aromatic rings. The van der Waals surface area contributed by atoms with E-state index >= 15 is 0 Å². The molecule has 0 radical (unpaired) electrons. The van der Waals surface area contributed by atoms with Gasteiger partial charge in [-0.2, -0.15) is 0 Å². The Morgan fingerprint density at radius 3 is 2.78 bits per heavy atom. The van der Waals surface area contributed by atoms with Gasteiger partial charge in [0.15, 0.2) is 0 Å². The molecule has 0 aliphatic rings. The van der Waals surface area contributed by atoms with Crippen molar-refractivity contribution < 1.29 is 4.79 Å². The third-order valence-corrected chi connectivity index (χ3v) is 4.27. The molecule has 0 fully saturated rings. The first-order valence-corrected chi connectivity index (χ1v) is 7.38. The van der Waals surface area contributed by atoms with Crippen LogP contribution in [-0.2, 0) is 6.54 Å². The SMILES string of the molecule is Cc1cc(Cl)cc(C(=O)NCc2cc(Br)cs2)c1. The molecule has 0 atom stereocenters. The van der Waals surface area contributed by atoms with Gasteiger partial charge in [-0.25, -0.2) is 0 Å². The first-order valence-electron chi connectivity index (χ1n) is 5.33. The first-order chi connectivity index (χ1) is 8.54. The first kappa shape index (κ1) is 13.6. The molecule has 1 heterocycles. The van der Waals surface area contributed by atoms with Crippen LogP contribution >= 0.6 is 38.9 Å². The largest absolute Gasteiger partial charge is 0.347 e. The summed E-state index contributed by atoms with van der Waals surface area (Å²) in [4.78, 5) is 13.1. The van der Waals surface area contributed by atoms with Crippen LogP contribution in [-0.4, -0.2) is 5.91 Å². The minimum Gasteiger partial charge on any atom is -0.347 e.